The van der Waals surface area contributed by atoms with Crippen molar-refractivity contribution in [3.8, 4) is 5.69 Å². The highest BCUT2D eigenvalue weighted by Crippen LogP contribution is 2.23. The number of aromatic nitrogens is 4. The first-order valence-electron chi connectivity index (χ1n) is 8.35. The average Bonchev–Trinajstić information content (AvgIpc) is 3.08. The lowest BCUT2D eigenvalue weighted by molar-refractivity contribution is -0.384. The lowest BCUT2D eigenvalue weighted by Crippen LogP contribution is -2.21. The Bertz CT molecular complexity index is 1060. The van der Waals surface area contributed by atoms with E-state index in [0.29, 0.717) is 19.6 Å². The molecule has 2 heterocycles. The largest absolute Gasteiger partial charge is 0.466 e. The third kappa shape index (κ3) is 3.68. The van der Waals surface area contributed by atoms with Crippen molar-refractivity contribution < 1.29 is 14.5 Å². The number of para-hydroxylation sites is 2. The van der Waals surface area contributed by atoms with Gasteiger partial charge in [0, 0.05) is 19.0 Å². The van der Waals surface area contributed by atoms with E-state index in [-0.39, 0.29) is 40.4 Å². The highest BCUT2D eigenvalue weighted by atomic mass is 16.6. The molecule has 10 heteroatoms. The minimum absolute atomic E-state index is 0.136. The van der Waals surface area contributed by atoms with Crippen molar-refractivity contribution >= 4 is 22.7 Å². The van der Waals surface area contributed by atoms with Crippen molar-refractivity contribution in [1.29, 1.82) is 0 Å². The summed E-state index contributed by atoms with van der Waals surface area (Å²) in [5, 5.41) is 15.6. The van der Waals surface area contributed by atoms with E-state index in [4.69, 9.17) is 4.74 Å². The second-order valence-corrected chi connectivity index (χ2v) is 5.69. The molecule has 3 aromatic rings. The molecular formula is C17H17N5O5. The molecule has 0 spiro atoms. The van der Waals surface area contributed by atoms with Gasteiger partial charge in [0.05, 0.1) is 24.1 Å². The van der Waals surface area contributed by atoms with Crippen molar-refractivity contribution in [3.05, 3.63) is 57.3 Å². The Balaban J connectivity index is 1.91. The van der Waals surface area contributed by atoms with Gasteiger partial charge >= 0.3 is 5.97 Å². The second-order valence-electron chi connectivity index (χ2n) is 5.69. The van der Waals surface area contributed by atoms with Gasteiger partial charge < -0.3 is 4.74 Å². The minimum atomic E-state index is -0.514. The van der Waals surface area contributed by atoms with Gasteiger partial charge in [-0.3, -0.25) is 24.3 Å². The SMILES string of the molecule is CCOC(=O)CCCn1cnc2c(cnn2-c2ccccc2[N+](=O)[O-])c1=O. The van der Waals surface area contributed by atoms with Gasteiger partial charge in [0.2, 0.25) is 0 Å². The Morgan fingerprint density at radius 1 is 1.33 bits per heavy atom. The molecule has 0 radical (unpaired) electrons. The van der Waals surface area contributed by atoms with Crippen LogP contribution in [0.4, 0.5) is 5.69 Å². The van der Waals surface area contributed by atoms with Crippen LogP contribution in [0, 0.1) is 10.1 Å². The fourth-order valence-electron chi connectivity index (χ4n) is 2.71. The van der Waals surface area contributed by atoms with Crippen LogP contribution in [0.25, 0.3) is 16.7 Å². The summed E-state index contributed by atoms with van der Waals surface area (Å²) in [5.74, 6) is -0.316. The van der Waals surface area contributed by atoms with Crippen LogP contribution >= 0.6 is 0 Å². The normalized spacial score (nSPS) is 10.9. The summed E-state index contributed by atoms with van der Waals surface area (Å²) in [6.07, 6.45) is 3.32. The smallest absolute Gasteiger partial charge is 0.305 e. The molecule has 1 aromatic carbocycles. The number of esters is 1. The molecule has 0 saturated carbocycles. The molecule has 3 rings (SSSR count). The lowest BCUT2D eigenvalue weighted by atomic mass is 10.2. The number of aryl methyl sites for hydroxylation is 1. The van der Waals surface area contributed by atoms with E-state index >= 15 is 0 Å². The van der Waals surface area contributed by atoms with E-state index < -0.39 is 4.92 Å². The molecule has 0 atom stereocenters. The topological polar surface area (TPSA) is 122 Å². The van der Waals surface area contributed by atoms with E-state index in [1.807, 2.05) is 0 Å². The quantitative estimate of drug-likeness (QED) is 0.353. The minimum Gasteiger partial charge on any atom is -0.466 e. The molecule has 140 valence electrons. The first-order valence-corrected chi connectivity index (χ1v) is 8.35. The number of fused-ring (bicyclic) bond motifs is 1. The first kappa shape index (κ1) is 18.2. The maximum atomic E-state index is 12.6. The Hall–Kier alpha value is -3.56. The predicted octanol–water partition coefficient (Wildman–Crippen LogP) is 1.83. The number of benzene rings is 1. The summed E-state index contributed by atoms with van der Waals surface area (Å²) in [5.41, 5.74) is -0.00277. The van der Waals surface area contributed by atoms with Crippen LogP contribution in [0.2, 0.25) is 0 Å². The molecule has 0 unspecified atom stereocenters. The third-order valence-electron chi connectivity index (χ3n) is 3.95. The average molecular weight is 371 g/mol. The summed E-state index contributed by atoms with van der Waals surface area (Å²) in [7, 11) is 0. The highest BCUT2D eigenvalue weighted by Gasteiger charge is 2.19. The van der Waals surface area contributed by atoms with Crippen molar-refractivity contribution in [2.45, 2.75) is 26.3 Å². The van der Waals surface area contributed by atoms with Crippen molar-refractivity contribution in [3.63, 3.8) is 0 Å². The number of ether oxygens (including phenoxy) is 1. The van der Waals surface area contributed by atoms with Crippen molar-refractivity contribution in [1.82, 2.24) is 19.3 Å². The van der Waals surface area contributed by atoms with Gasteiger partial charge in [0.15, 0.2) is 5.65 Å². The number of carbonyl (C=O) groups excluding carboxylic acids is 1. The van der Waals surface area contributed by atoms with Gasteiger partial charge in [0.25, 0.3) is 11.2 Å². The summed E-state index contributed by atoms with van der Waals surface area (Å²) in [6.45, 7) is 2.35. The zero-order chi connectivity index (χ0) is 19.4. The summed E-state index contributed by atoms with van der Waals surface area (Å²) in [6, 6.07) is 6.10. The van der Waals surface area contributed by atoms with Crippen LogP contribution in [0.5, 0.6) is 0 Å². The Morgan fingerprint density at radius 3 is 2.85 bits per heavy atom. The van der Waals surface area contributed by atoms with E-state index in [0.717, 1.165) is 0 Å². The Morgan fingerprint density at radius 2 is 2.11 bits per heavy atom. The molecule has 0 aliphatic rings. The fraction of sp³-hybridized carbons (Fsp3) is 0.294. The van der Waals surface area contributed by atoms with E-state index in [1.165, 1.54) is 33.9 Å². The van der Waals surface area contributed by atoms with Gasteiger partial charge in [-0.1, -0.05) is 12.1 Å². The number of nitro benzene ring substituents is 1. The zero-order valence-electron chi connectivity index (χ0n) is 14.6. The highest BCUT2D eigenvalue weighted by molar-refractivity contribution is 5.76. The molecule has 0 aliphatic heterocycles. The molecule has 10 nitrogen and oxygen atoms in total. The number of rotatable bonds is 7. The summed E-state index contributed by atoms with van der Waals surface area (Å²) >= 11 is 0. The fourth-order valence-corrected chi connectivity index (χ4v) is 2.71. The van der Waals surface area contributed by atoms with Crippen LogP contribution < -0.4 is 5.56 Å². The molecular weight excluding hydrogens is 354 g/mol. The number of nitro groups is 1. The summed E-state index contributed by atoms with van der Waals surface area (Å²) < 4.78 is 7.51. The number of hydrogen-bond acceptors (Lipinski definition) is 7. The molecule has 0 N–H and O–H groups in total. The monoisotopic (exact) mass is 371 g/mol. The van der Waals surface area contributed by atoms with Crippen molar-refractivity contribution in [2.24, 2.45) is 0 Å². The van der Waals surface area contributed by atoms with Gasteiger partial charge in [-0.25, -0.2) is 9.67 Å². The van der Waals surface area contributed by atoms with Crippen LogP contribution in [-0.2, 0) is 16.1 Å². The van der Waals surface area contributed by atoms with Crippen LogP contribution in [0.3, 0.4) is 0 Å². The van der Waals surface area contributed by atoms with Gasteiger partial charge in [-0.2, -0.15) is 5.10 Å². The lowest BCUT2D eigenvalue weighted by Gasteiger charge is -2.06. The van der Waals surface area contributed by atoms with Crippen molar-refractivity contribution in [2.75, 3.05) is 6.61 Å². The van der Waals surface area contributed by atoms with E-state index in [2.05, 4.69) is 10.1 Å². The first-order chi connectivity index (χ1) is 13.0. The molecule has 27 heavy (non-hydrogen) atoms. The maximum Gasteiger partial charge on any atom is 0.305 e. The van der Waals surface area contributed by atoms with E-state index in [1.54, 1.807) is 19.1 Å². The Kier molecular flexibility index (Phi) is 5.25. The number of hydrogen-bond donors (Lipinski definition) is 0. The number of carbonyl (C=O) groups is 1. The molecule has 0 amide bonds. The summed E-state index contributed by atoms with van der Waals surface area (Å²) in [4.78, 5) is 39.0. The second kappa shape index (κ2) is 7.77. The maximum absolute atomic E-state index is 12.6. The van der Waals surface area contributed by atoms with Crippen LogP contribution in [0.15, 0.2) is 41.6 Å². The van der Waals surface area contributed by atoms with Gasteiger partial charge in [-0.05, 0) is 19.4 Å². The predicted molar refractivity (Wildman–Crippen MR) is 95.6 cm³/mol. The molecule has 0 saturated heterocycles. The zero-order valence-corrected chi connectivity index (χ0v) is 14.6. The van der Waals surface area contributed by atoms with E-state index in [9.17, 15) is 19.7 Å². The molecule has 0 fully saturated rings. The Labute approximate surface area is 153 Å². The standard InChI is InChI=1S/C17H17N5O5/c1-2-27-15(23)8-5-9-20-11-18-16-12(17(20)24)10-19-21(16)13-6-3-4-7-14(13)22(25)26/h3-4,6-7,10-11H,2,5,8-9H2,1H3. The number of nitrogens with zero attached hydrogens (tertiary/aromatic N) is 5. The molecule has 0 aliphatic carbocycles. The molecule has 2 aromatic heterocycles. The van der Waals surface area contributed by atoms with Crippen LogP contribution in [0.1, 0.15) is 19.8 Å². The third-order valence-corrected chi connectivity index (χ3v) is 3.95. The van der Waals surface area contributed by atoms with Crippen LogP contribution in [-0.4, -0.2) is 36.8 Å². The molecule has 0 bridgehead atoms. The van der Waals surface area contributed by atoms with Gasteiger partial charge in [0.1, 0.15) is 11.1 Å². The van der Waals surface area contributed by atoms with Gasteiger partial charge in [-0.15, -0.1) is 0 Å².